The van der Waals surface area contributed by atoms with Crippen molar-refractivity contribution in [1.29, 1.82) is 0 Å². The molecule has 0 heterocycles. The Bertz CT molecular complexity index is 161. The van der Waals surface area contributed by atoms with Gasteiger partial charge in [-0.25, -0.2) is 0 Å². The van der Waals surface area contributed by atoms with Gasteiger partial charge in [-0.3, -0.25) is 0 Å². The Morgan fingerprint density at radius 3 is 2.07 bits per heavy atom. The van der Waals surface area contributed by atoms with Crippen LogP contribution in [-0.2, 0) is 0 Å². The highest BCUT2D eigenvalue weighted by Gasteiger charge is 2.11. The van der Waals surface area contributed by atoms with E-state index in [2.05, 4.69) is 46.5 Å². The molecule has 0 bridgehead atoms. The van der Waals surface area contributed by atoms with Crippen molar-refractivity contribution in [2.24, 2.45) is 17.8 Å². The second kappa shape index (κ2) is 7.05. The molecule has 0 aromatic heterocycles. The second-order valence-electron chi connectivity index (χ2n) is 5.17. The Morgan fingerprint density at radius 1 is 1.07 bits per heavy atom. The zero-order valence-electron chi connectivity index (χ0n) is 10.6. The van der Waals surface area contributed by atoms with Crippen molar-refractivity contribution in [3.63, 3.8) is 0 Å². The maximum Gasteiger partial charge on any atom is -0.00204 e. The van der Waals surface area contributed by atoms with E-state index in [1.807, 2.05) is 0 Å². The summed E-state index contributed by atoms with van der Waals surface area (Å²) >= 11 is 0. The quantitative estimate of drug-likeness (QED) is 0.616. The molecule has 2 atom stereocenters. The lowest BCUT2D eigenvalue weighted by molar-refractivity contribution is 0.357. The van der Waals surface area contributed by atoms with Gasteiger partial charge in [-0.05, 0) is 44.2 Å². The Kier molecular flexibility index (Phi) is 6.90. The third-order valence-corrected chi connectivity index (χ3v) is 2.66. The van der Waals surface area contributed by atoms with E-state index in [0.717, 1.165) is 37.3 Å². The predicted octanol–water partition coefficient (Wildman–Crippen LogP) is 3.47. The molecule has 0 spiro atoms. The lowest BCUT2D eigenvalue weighted by Crippen LogP contribution is -2.28. The zero-order valence-corrected chi connectivity index (χ0v) is 10.6. The van der Waals surface area contributed by atoms with Gasteiger partial charge in [-0.2, -0.15) is 0 Å². The van der Waals surface area contributed by atoms with E-state index >= 15 is 0 Å². The zero-order chi connectivity index (χ0) is 11.1. The lowest BCUT2D eigenvalue weighted by atomic mass is 9.90. The highest BCUT2D eigenvalue weighted by Crippen LogP contribution is 2.17. The fourth-order valence-electron chi connectivity index (χ4n) is 1.55. The average Bonchev–Trinajstić information content (AvgIpc) is 2.01. The fraction of sp³-hybridized carbons (Fsp3) is 0.846. The molecule has 14 heavy (non-hydrogen) atoms. The highest BCUT2D eigenvalue weighted by molar-refractivity contribution is 4.90. The molecule has 0 aromatic rings. The maximum atomic E-state index is 3.97. The Labute approximate surface area is 90.0 Å². The predicted molar refractivity (Wildman–Crippen MR) is 65.5 cm³/mol. The van der Waals surface area contributed by atoms with Crippen molar-refractivity contribution >= 4 is 0 Å². The van der Waals surface area contributed by atoms with Crippen molar-refractivity contribution in [1.82, 2.24) is 5.32 Å². The molecule has 0 saturated carbocycles. The molecule has 0 saturated heterocycles. The molecule has 0 aliphatic heterocycles. The van der Waals surface area contributed by atoms with E-state index in [1.54, 1.807) is 0 Å². The molecular weight excluding hydrogens is 170 g/mol. The fourth-order valence-corrected chi connectivity index (χ4v) is 1.55. The van der Waals surface area contributed by atoms with Crippen LogP contribution < -0.4 is 5.32 Å². The third kappa shape index (κ3) is 7.14. The van der Waals surface area contributed by atoms with E-state index in [1.165, 1.54) is 5.57 Å². The number of allylic oxidation sites excluding steroid dienone is 1. The van der Waals surface area contributed by atoms with Gasteiger partial charge < -0.3 is 5.32 Å². The molecule has 1 N–H and O–H groups in total. The van der Waals surface area contributed by atoms with E-state index in [4.69, 9.17) is 0 Å². The molecule has 0 amide bonds. The monoisotopic (exact) mass is 197 g/mol. The van der Waals surface area contributed by atoms with Gasteiger partial charge in [0, 0.05) is 0 Å². The molecule has 0 fully saturated rings. The van der Waals surface area contributed by atoms with Crippen LogP contribution in [0.5, 0.6) is 0 Å². The number of rotatable bonds is 7. The molecule has 2 unspecified atom stereocenters. The Hall–Kier alpha value is -0.300. The summed E-state index contributed by atoms with van der Waals surface area (Å²) in [6.45, 7) is 17.5. The van der Waals surface area contributed by atoms with Crippen LogP contribution >= 0.6 is 0 Å². The van der Waals surface area contributed by atoms with Crippen LogP contribution in [0.2, 0.25) is 0 Å². The topological polar surface area (TPSA) is 12.0 Å². The standard InChI is InChI=1S/C13H27N/c1-10(2)7-12(5)13(6)9-14-8-11(3)4/h11-14H,1,7-9H2,2-6H3. The first-order valence-electron chi connectivity index (χ1n) is 5.78. The molecule has 1 nitrogen and oxygen atoms in total. The summed E-state index contributed by atoms with van der Waals surface area (Å²) in [5.41, 5.74) is 1.30. The molecular formula is C13H27N. The van der Waals surface area contributed by atoms with E-state index in [9.17, 15) is 0 Å². The number of hydrogen-bond donors (Lipinski definition) is 1. The highest BCUT2D eigenvalue weighted by atomic mass is 14.9. The first-order chi connectivity index (χ1) is 6.43. The summed E-state index contributed by atoms with van der Waals surface area (Å²) in [5, 5.41) is 3.51. The van der Waals surface area contributed by atoms with Crippen LogP contribution in [0.25, 0.3) is 0 Å². The van der Waals surface area contributed by atoms with Crippen molar-refractivity contribution in [2.45, 2.75) is 41.0 Å². The Morgan fingerprint density at radius 2 is 1.64 bits per heavy atom. The van der Waals surface area contributed by atoms with Crippen LogP contribution in [0.3, 0.4) is 0 Å². The van der Waals surface area contributed by atoms with Crippen LogP contribution in [0.15, 0.2) is 12.2 Å². The first kappa shape index (κ1) is 13.7. The normalized spacial score (nSPS) is 15.6. The minimum atomic E-state index is 0.741. The SMILES string of the molecule is C=C(C)CC(C)C(C)CNCC(C)C. The van der Waals surface area contributed by atoms with Gasteiger partial charge in [-0.1, -0.05) is 33.3 Å². The van der Waals surface area contributed by atoms with E-state index in [0.29, 0.717) is 0 Å². The van der Waals surface area contributed by atoms with Gasteiger partial charge in [0.1, 0.15) is 0 Å². The third-order valence-electron chi connectivity index (χ3n) is 2.66. The molecule has 0 aliphatic carbocycles. The van der Waals surface area contributed by atoms with Gasteiger partial charge in [-0.15, -0.1) is 6.58 Å². The first-order valence-corrected chi connectivity index (χ1v) is 5.78. The molecule has 0 radical (unpaired) electrons. The van der Waals surface area contributed by atoms with Gasteiger partial charge in [0.15, 0.2) is 0 Å². The van der Waals surface area contributed by atoms with Gasteiger partial charge >= 0.3 is 0 Å². The summed E-state index contributed by atoms with van der Waals surface area (Å²) in [6.07, 6.45) is 1.16. The summed E-state index contributed by atoms with van der Waals surface area (Å²) in [4.78, 5) is 0. The van der Waals surface area contributed by atoms with Crippen LogP contribution in [0.4, 0.5) is 0 Å². The van der Waals surface area contributed by atoms with Gasteiger partial charge in [0.05, 0.1) is 0 Å². The minimum absolute atomic E-state index is 0.741. The molecule has 0 aromatic carbocycles. The molecule has 0 aliphatic rings. The maximum absolute atomic E-state index is 3.97. The molecule has 1 heteroatoms. The summed E-state index contributed by atoms with van der Waals surface area (Å²) in [6, 6.07) is 0. The smallest absolute Gasteiger partial charge is 0.00204 e. The van der Waals surface area contributed by atoms with Crippen LogP contribution in [-0.4, -0.2) is 13.1 Å². The van der Waals surface area contributed by atoms with Gasteiger partial charge in [0.2, 0.25) is 0 Å². The van der Waals surface area contributed by atoms with Crippen molar-refractivity contribution in [3.05, 3.63) is 12.2 Å². The summed E-state index contributed by atoms with van der Waals surface area (Å²) < 4.78 is 0. The minimum Gasteiger partial charge on any atom is -0.316 e. The summed E-state index contributed by atoms with van der Waals surface area (Å²) in [7, 11) is 0. The average molecular weight is 197 g/mol. The van der Waals surface area contributed by atoms with Crippen LogP contribution in [0, 0.1) is 17.8 Å². The van der Waals surface area contributed by atoms with Crippen molar-refractivity contribution in [3.8, 4) is 0 Å². The van der Waals surface area contributed by atoms with E-state index in [-0.39, 0.29) is 0 Å². The van der Waals surface area contributed by atoms with Crippen LogP contribution in [0.1, 0.15) is 41.0 Å². The lowest BCUT2D eigenvalue weighted by Gasteiger charge is -2.21. The van der Waals surface area contributed by atoms with Crippen molar-refractivity contribution < 1.29 is 0 Å². The summed E-state index contributed by atoms with van der Waals surface area (Å²) in [5.74, 6) is 2.23. The second-order valence-corrected chi connectivity index (χ2v) is 5.17. The number of hydrogen-bond acceptors (Lipinski definition) is 1. The van der Waals surface area contributed by atoms with Gasteiger partial charge in [0.25, 0.3) is 0 Å². The molecule has 0 rings (SSSR count). The van der Waals surface area contributed by atoms with Crippen molar-refractivity contribution in [2.75, 3.05) is 13.1 Å². The number of nitrogens with one attached hydrogen (secondary N) is 1. The molecule has 84 valence electrons. The Balaban J connectivity index is 3.61. The largest absolute Gasteiger partial charge is 0.316 e. The van der Waals surface area contributed by atoms with E-state index < -0.39 is 0 Å².